The summed E-state index contributed by atoms with van der Waals surface area (Å²) >= 11 is 2.95. The molecule has 0 spiro atoms. The predicted octanol–water partition coefficient (Wildman–Crippen LogP) is 1.61. The number of unbranched alkanes of at least 4 members (excludes halogenated alkanes) is 1. The standard InChI is InChI=1S/C10H14BrFN2O2S/c11-9-7-8(3-4-10(9)12)17(15,16)14-6-2-1-5-13/h3-4,7,14H,1-2,5-6,13H2. The van der Waals surface area contributed by atoms with Crippen molar-refractivity contribution < 1.29 is 12.8 Å². The maximum atomic E-state index is 13.0. The van der Waals surface area contributed by atoms with Gasteiger partial charge in [0.1, 0.15) is 5.82 Å². The molecule has 0 heterocycles. The fourth-order valence-electron chi connectivity index (χ4n) is 1.20. The van der Waals surface area contributed by atoms with E-state index in [0.29, 0.717) is 19.5 Å². The summed E-state index contributed by atoms with van der Waals surface area (Å²) in [6.45, 7) is 0.859. The number of hydrogen-bond donors (Lipinski definition) is 2. The van der Waals surface area contributed by atoms with Gasteiger partial charge in [0, 0.05) is 6.54 Å². The van der Waals surface area contributed by atoms with E-state index < -0.39 is 15.8 Å². The molecule has 1 rings (SSSR count). The van der Waals surface area contributed by atoms with Crippen LogP contribution in [0.5, 0.6) is 0 Å². The lowest BCUT2D eigenvalue weighted by atomic mass is 10.3. The Balaban J connectivity index is 2.72. The Labute approximate surface area is 109 Å². The quantitative estimate of drug-likeness (QED) is 0.781. The smallest absolute Gasteiger partial charge is 0.240 e. The first-order chi connectivity index (χ1) is 7.97. The number of benzene rings is 1. The van der Waals surface area contributed by atoms with E-state index in [4.69, 9.17) is 5.73 Å². The van der Waals surface area contributed by atoms with Crippen LogP contribution in [0.4, 0.5) is 4.39 Å². The molecular weight excluding hydrogens is 311 g/mol. The van der Waals surface area contributed by atoms with Crippen LogP contribution in [0.25, 0.3) is 0 Å². The Kier molecular flexibility index (Phi) is 5.51. The van der Waals surface area contributed by atoms with Gasteiger partial charge in [-0.1, -0.05) is 0 Å². The molecule has 17 heavy (non-hydrogen) atoms. The van der Waals surface area contributed by atoms with E-state index in [1.54, 1.807) is 0 Å². The molecule has 0 aliphatic carbocycles. The molecule has 0 unspecified atom stereocenters. The van der Waals surface area contributed by atoms with Crippen molar-refractivity contribution in [3.8, 4) is 0 Å². The van der Waals surface area contributed by atoms with E-state index in [1.165, 1.54) is 12.1 Å². The van der Waals surface area contributed by atoms with Gasteiger partial charge in [-0.05, 0) is 53.5 Å². The zero-order valence-electron chi connectivity index (χ0n) is 9.12. The first-order valence-corrected chi connectivity index (χ1v) is 7.40. The normalized spacial score (nSPS) is 11.7. The molecule has 4 nitrogen and oxygen atoms in total. The topological polar surface area (TPSA) is 72.2 Å². The highest BCUT2D eigenvalue weighted by Gasteiger charge is 2.14. The first kappa shape index (κ1) is 14.6. The highest BCUT2D eigenvalue weighted by molar-refractivity contribution is 9.10. The van der Waals surface area contributed by atoms with E-state index in [9.17, 15) is 12.8 Å². The molecule has 0 aliphatic heterocycles. The van der Waals surface area contributed by atoms with Crippen LogP contribution >= 0.6 is 15.9 Å². The van der Waals surface area contributed by atoms with Gasteiger partial charge in [0.2, 0.25) is 10.0 Å². The van der Waals surface area contributed by atoms with Crippen LogP contribution in [0.2, 0.25) is 0 Å². The molecule has 0 bridgehead atoms. The van der Waals surface area contributed by atoms with Gasteiger partial charge in [-0.2, -0.15) is 0 Å². The van der Waals surface area contributed by atoms with Crippen LogP contribution in [-0.4, -0.2) is 21.5 Å². The fraction of sp³-hybridized carbons (Fsp3) is 0.400. The number of nitrogens with two attached hydrogens (primary N) is 1. The van der Waals surface area contributed by atoms with Gasteiger partial charge >= 0.3 is 0 Å². The Morgan fingerprint density at radius 2 is 2.06 bits per heavy atom. The summed E-state index contributed by atoms with van der Waals surface area (Å²) in [7, 11) is -3.57. The molecule has 0 amide bonds. The van der Waals surface area contributed by atoms with Crippen molar-refractivity contribution in [2.45, 2.75) is 17.7 Å². The molecule has 1 aromatic carbocycles. The molecular formula is C10H14BrFN2O2S. The summed E-state index contributed by atoms with van der Waals surface area (Å²) in [4.78, 5) is 0.0403. The number of rotatable bonds is 6. The molecule has 96 valence electrons. The Hall–Kier alpha value is -0.500. The largest absolute Gasteiger partial charge is 0.330 e. The van der Waals surface area contributed by atoms with Crippen molar-refractivity contribution in [1.82, 2.24) is 4.72 Å². The van der Waals surface area contributed by atoms with E-state index in [2.05, 4.69) is 20.7 Å². The summed E-state index contributed by atoms with van der Waals surface area (Å²) in [5, 5.41) is 0. The van der Waals surface area contributed by atoms with Crippen molar-refractivity contribution in [1.29, 1.82) is 0 Å². The van der Waals surface area contributed by atoms with Crippen LogP contribution < -0.4 is 10.5 Å². The van der Waals surface area contributed by atoms with Crippen molar-refractivity contribution in [3.63, 3.8) is 0 Å². The second kappa shape index (κ2) is 6.44. The van der Waals surface area contributed by atoms with Crippen LogP contribution in [0.1, 0.15) is 12.8 Å². The van der Waals surface area contributed by atoms with Gasteiger partial charge in [-0.3, -0.25) is 0 Å². The summed E-state index contributed by atoms with van der Waals surface area (Å²) in [6.07, 6.45) is 1.44. The summed E-state index contributed by atoms with van der Waals surface area (Å²) in [5.74, 6) is -0.493. The second-order valence-corrected chi connectivity index (χ2v) is 6.09. The molecule has 0 aliphatic rings. The number of nitrogens with one attached hydrogen (secondary N) is 1. The van der Waals surface area contributed by atoms with Gasteiger partial charge in [-0.25, -0.2) is 17.5 Å². The van der Waals surface area contributed by atoms with E-state index >= 15 is 0 Å². The van der Waals surface area contributed by atoms with Crippen LogP contribution in [0.15, 0.2) is 27.6 Å². The molecule has 0 saturated heterocycles. The van der Waals surface area contributed by atoms with Crippen molar-refractivity contribution in [3.05, 3.63) is 28.5 Å². The van der Waals surface area contributed by atoms with Crippen molar-refractivity contribution in [2.24, 2.45) is 5.73 Å². The molecule has 1 aromatic rings. The zero-order chi connectivity index (χ0) is 12.9. The lowest BCUT2D eigenvalue weighted by molar-refractivity contribution is 0.576. The third kappa shape index (κ3) is 4.34. The van der Waals surface area contributed by atoms with E-state index in [1.807, 2.05) is 0 Å². The average molecular weight is 325 g/mol. The Morgan fingerprint density at radius 1 is 1.35 bits per heavy atom. The Morgan fingerprint density at radius 3 is 2.65 bits per heavy atom. The lowest BCUT2D eigenvalue weighted by Gasteiger charge is -2.07. The van der Waals surface area contributed by atoms with E-state index in [-0.39, 0.29) is 9.37 Å². The monoisotopic (exact) mass is 324 g/mol. The van der Waals surface area contributed by atoms with Crippen molar-refractivity contribution in [2.75, 3.05) is 13.1 Å². The van der Waals surface area contributed by atoms with Crippen molar-refractivity contribution >= 4 is 26.0 Å². The second-order valence-electron chi connectivity index (χ2n) is 3.47. The molecule has 0 aromatic heterocycles. The maximum absolute atomic E-state index is 13.0. The third-order valence-electron chi connectivity index (χ3n) is 2.12. The Bertz CT molecular complexity index is 479. The first-order valence-electron chi connectivity index (χ1n) is 5.12. The number of sulfonamides is 1. The van der Waals surface area contributed by atoms with Gasteiger partial charge in [0.05, 0.1) is 9.37 Å². The minimum atomic E-state index is -3.57. The van der Waals surface area contributed by atoms with Gasteiger partial charge in [0.25, 0.3) is 0 Å². The fourth-order valence-corrected chi connectivity index (χ4v) is 2.83. The molecule has 0 fully saturated rings. The lowest BCUT2D eigenvalue weighted by Crippen LogP contribution is -2.25. The summed E-state index contributed by atoms with van der Waals surface area (Å²) in [5.41, 5.74) is 5.30. The summed E-state index contributed by atoms with van der Waals surface area (Å²) in [6, 6.07) is 3.57. The molecule has 0 radical (unpaired) electrons. The average Bonchev–Trinajstić information content (AvgIpc) is 2.28. The van der Waals surface area contributed by atoms with Gasteiger partial charge < -0.3 is 5.73 Å². The minimum absolute atomic E-state index is 0.0403. The predicted molar refractivity (Wildman–Crippen MR) is 67.6 cm³/mol. The van der Waals surface area contributed by atoms with Crippen LogP contribution in [0.3, 0.4) is 0 Å². The van der Waals surface area contributed by atoms with Crippen LogP contribution in [-0.2, 0) is 10.0 Å². The van der Waals surface area contributed by atoms with Gasteiger partial charge in [0.15, 0.2) is 0 Å². The van der Waals surface area contributed by atoms with Gasteiger partial charge in [-0.15, -0.1) is 0 Å². The van der Waals surface area contributed by atoms with E-state index in [0.717, 1.165) is 12.5 Å². The minimum Gasteiger partial charge on any atom is -0.330 e. The number of hydrogen-bond acceptors (Lipinski definition) is 3. The molecule has 7 heteroatoms. The SMILES string of the molecule is NCCCCNS(=O)(=O)c1ccc(F)c(Br)c1. The third-order valence-corrected chi connectivity index (χ3v) is 4.19. The highest BCUT2D eigenvalue weighted by atomic mass is 79.9. The zero-order valence-corrected chi connectivity index (χ0v) is 11.5. The maximum Gasteiger partial charge on any atom is 0.240 e. The van der Waals surface area contributed by atoms with Crippen LogP contribution in [0, 0.1) is 5.82 Å². The highest BCUT2D eigenvalue weighted by Crippen LogP contribution is 2.19. The summed E-state index contributed by atoms with van der Waals surface area (Å²) < 4.78 is 39.1. The number of halogens is 2. The molecule has 0 atom stereocenters. The molecule has 3 N–H and O–H groups in total. The molecule has 0 saturated carbocycles.